The zero-order chi connectivity index (χ0) is 18.3. The molecule has 2 rings (SSSR count). The van der Waals surface area contributed by atoms with Crippen LogP contribution >= 0.6 is 0 Å². The smallest absolute Gasteiger partial charge is 0.267 e. The Bertz CT molecular complexity index is 771. The standard InChI is InChI=1S/C17H22N4O3S/c18-11-13(12-20-14-5-3-1-2-4-6-14)17(22)21-15-7-9-16(10-8-15)25(19,23)24/h7-10,12,14,20H,1-6H2,(H,21,22)(H2,19,23,24)/b13-12-. The molecule has 1 aromatic carbocycles. The molecule has 8 heteroatoms. The number of hydrogen-bond donors (Lipinski definition) is 3. The lowest BCUT2D eigenvalue weighted by molar-refractivity contribution is -0.112. The number of nitriles is 1. The molecule has 1 aliphatic rings. The number of amides is 1. The molecule has 1 saturated carbocycles. The molecule has 4 N–H and O–H groups in total. The summed E-state index contributed by atoms with van der Waals surface area (Å²) in [6.07, 6.45) is 8.28. The number of sulfonamides is 1. The number of nitrogens with one attached hydrogen (secondary N) is 2. The molecule has 0 radical (unpaired) electrons. The summed E-state index contributed by atoms with van der Waals surface area (Å²) in [7, 11) is -3.78. The lowest BCUT2D eigenvalue weighted by Crippen LogP contribution is -2.25. The fraction of sp³-hybridized carbons (Fsp3) is 0.412. The number of benzene rings is 1. The van der Waals surface area contributed by atoms with E-state index in [0.717, 1.165) is 25.7 Å². The molecule has 0 bridgehead atoms. The van der Waals surface area contributed by atoms with E-state index in [9.17, 15) is 18.5 Å². The summed E-state index contributed by atoms with van der Waals surface area (Å²) in [5.74, 6) is -0.549. The maximum absolute atomic E-state index is 12.2. The number of carbonyl (C=O) groups is 1. The van der Waals surface area contributed by atoms with E-state index in [4.69, 9.17) is 5.14 Å². The quantitative estimate of drug-likeness (QED) is 0.420. The minimum atomic E-state index is -3.78. The van der Waals surface area contributed by atoms with Crippen LogP contribution in [-0.2, 0) is 14.8 Å². The Hall–Kier alpha value is -2.37. The molecule has 1 fully saturated rings. The van der Waals surface area contributed by atoms with E-state index in [1.807, 2.05) is 6.07 Å². The zero-order valence-electron chi connectivity index (χ0n) is 13.9. The van der Waals surface area contributed by atoms with E-state index in [1.54, 1.807) is 0 Å². The van der Waals surface area contributed by atoms with Crippen LogP contribution in [0.3, 0.4) is 0 Å². The number of nitrogens with two attached hydrogens (primary N) is 1. The first kappa shape index (κ1) is 19.0. The van der Waals surface area contributed by atoms with Crippen LogP contribution in [0.2, 0.25) is 0 Å². The lowest BCUT2D eigenvalue weighted by Gasteiger charge is -2.14. The normalized spacial score (nSPS) is 16.6. The maximum atomic E-state index is 12.2. The number of hydrogen-bond acceptors (Lipinski definition) is 5. The topological polar surface area (TPSA) is 125 Å². The molecule has 0 saturated heterocycles. The maximum Gasteiger partial charge on any atom is 0.267 e. The molecule has 0 unspecified atom stereocenters. The monoisotopic (exact) mass is 362 g/mol. The summed E-state index contributed by atoms with van der Waals surface area (Å²) < 4.78 is 22.4. The van der Waals surface area contributed by atoms with Crippen molar-refractivity contribution in [3.05, 3.63) is 36.0 Å². The van der Waals surface area contributed by atoms with E-state index in [-0.39, 0.29) is 16.5 Å². The third-order valence-electron chi connectivity index (χ3n) is 4.12. The van der Waals surface area contributed by atoms with Gasteiger partial charge in [0, 0.05) is 17.9 Å². The van der Waals surface area contributed by atoms with Crippen LogP contribution in [0.15, 0.2) is 40.9 Å². The average molecular weight is 362 g/mol. The summed E-state index contributed by atoms with van der Waals surface area (Å²) in [5.41, 5.74) is 0.354. The van der Waals surface area contributed by atoms with Gasteiger partial charge in [0.15, 0.2) is 0 Å². The second kappa shape index (κ2) is 8.65. The highest BCUT2D eigenvalue weighted by Crippen LogP contribution is 2.17. The van der Waals surface area contributed by atoms with E-state index >= 15 is 0 Å². The van der Waals surface area contributed by atoms with Gasteiger partial charge in [-0.25, -0.2) is 13.6 Å². The first-order valence-corrected chi connectivity index (χ1v) is 9.75. The molecular formula is C17H22N4O3S. The predicted molar refractivity (Wildman–Crippen MR) is 94.8 cm³/mol. The Morgan fingerprint density at radius 2 is 1.76 bits per heavy atom. The number of anilines is 1. The largest absolute Gasteiger partial charge is 0.387 e. The molecule has 134 valence electrons. The summed E-state index contributed by atoms with van der Waals surface area (Å²) in [6.45, 7) is 0. The van der Waals surface area contributed by atoms with Gasteiger partial charge in [-0.3, -0.25) is 4.79 Å². The van der Waals surface area contributed by atoms with Gasteiger partial charge >= 0.3 is 0 Å². The van der Waals surface area contributed by atoms with Crippen LogP contribution in [0.25, 0.3) is 0 Å². The molecule has 1 aliphatic carbocycles. The highest BCUT2D eigenvalue weighted by Gasteiger charge is 2.14. The van der Waals surface area contributed by atoms with Crippen molar-refractivity contribution in [3.63, 3.8) is 0 Å². The first-order chi connectivity index (χ1) is 11.9. The van der Waals surface area contributed by atoms with Crippen molar-refractivity contribution in [1.82, 2.24) is 5.32 Å². The van der Waals surface area contributed by atoms with Gasteiger partial charge in [-0.05, 0) is 37.1 Å². The SMILES string of the molecule is N#C/C(=C/NC1CCCCCC1)C(=O)Nc1ccc(S(N)(=O)=O)cc1. The molecular weight excluding hydrogens is 340 g/mol. The van der Waals surface area contributed by atoms with Crippen molar-refractivity contribution in [2.24, 2.45) is 5.14 Å². The molecule has 0 aromatic heterocycles. The van der Waals surface area contributed by atoms with Gasteiger partial charge in [0.25, 0.3) is 5.91 Å². The van der Waals surface area contributed by atoms with Crippen LogP contribution in [0.1, 0.15) is 38.5 Å². The summed E-state index contributed by atoms with van der Waals surface area (Å²) in [5, 5.41) is 20.0. The highest BCUT2D eigenvalue weighted by atomic mass is 32.2. The van der Waals surface area contributed by atoms with Crippen molar-refractivity contribution in [1.29, 1.82) is 5.26 Å². The second-order valence-corrected chi connectivity index (χ2v) is 7.61. The number of rotatable bonds is 5. The van der Waals surface area contributed by atoms with Crippen LogP contribution in [0, 0.1) is 11.3 Å². The molecule has 1 amide bonds. The third-order valence-corrected chi connectivity index (χ3v) is 5.05. The van der Waals surface area contributed by atoms with Crippen LogP contribution in [0.5, 0.6) is 0 Å². The Morgan fingerprint density at radius 3 is 2.28 bits per heavy atom. The van der Waals surface area contributed by atoms with Gasteiger partial charge in [-0.15, -0.1) is 0 Å². The summed E-state index contributed by atoms with van der Waals surface area (Å²) in [4.78, 5) is 12.1. The van der Waals surface area contributed by atoms with E-state index in [0.29, 0.717) is 5.69 Å². The highest BCUT2D eigenvalue weighted by molar-refractivity contribution is 7.89. The minimum Gasteiger partial charge on any atom is -0.387 e. The second-order valence-electron chi connectivity index (χ2n) is 6.05. The Balaban J connectivity index is 1.99. The Morgan fingerprint density at radius 1 is 1.16 bits per heavy atom. The fourth-order valence-electron chi connectivity index (χ4n) is 2.72. The average Bonchev–Trinajstić information content (AvgIpc) is 2.84. The van der Waals surface area contributed by atoms with Crippen LogP contribution < -0.4 is 15.8 Å². The molecule has 7 nitrogen and oxygen atoms in total. The zero-order valence-corrected chi connectivity index (χ0v) is 14.7. The van der Waals surface area contributed by atoms with Gasteiger partial charge in [0.2, 0.25) is 10.0 Å². The van der Waals surface area contributed by atoms with Crippen LogP contribution in [-0.4, -0.2) is 20.4 Å². The van der Waals surface area contributed by atoms with Gasteiger partial charge < -0.3 is 10.6 Å². The van der Waals surface area contributed by atoms with Crippen molar-refractivity contribution in [2.45, 2.75) is 49.5 Å². The van der Waals surface area contributed by atoms with E-state index in [1.165, 1.54) is 43.3 Å². The van der Waals surface area contributed by atoms with Gasteiger partial charge in [-0.1, -0.05) is 25.7 Å². The Kier molecular flexibility index (Phi) is 6.56. The third kappa shape index (κ3) is 5.89. The van der Waals surface area contributed by atoms with Gasteiger partial charge in [-0.2, -0.15) is 5.26 Å². The van der Waals surface area contributed by atoms with Crippen molar-refractivity contribution >= 4 is 21.6 Å². The number of nitrogens with zero attached hydrogens (tertiary/aromatic N) is 1. The molecule has 0 heterocycles. The van der Waals surface area contributed by atoms with E-state index < -0.39 is 15.9 Å². The fourth-order valence-corrected chi connectivity index (χ4v) is 3.24. The minimum absolute atomic E-state index is 0.0280. The first-order valence-electron chi connectivity index (χ1n) is 8.20. The number of carbonyl (C=O) groups excluding carboxylic acids is 1. The number of primary sulfonamides is 1. The van der Waals surface area contributed by atoms with E-state index in [2.05, 4.69) is 10.6 Å². The molecule has 25 heavy (non-hydrogen) atoms. The summed E-state index contributed by atoms with van der Waals surface area (Å²) in [6, 6.07) is 7.60. The van der Waals surface area contributed by atoms with Crippen LogP contribution in [0.4, 0.5) is 5.69 Å². The lowest BCUT2D eigenvalue weighted by atomic mass is 10.1. The summed E-state index contributed by atoms with van der Waals surface area (Å²) >= 11 is 0. The molecule has 0 atom stereocenters. The van der Waals surface area contributed by atoms with Crippen molar-refractivity contribution in [3.8, 4) is 6.07 Å². The molecule has 1 aromatic rings. The molecule has 0 aliphatic heterocycles. The van der Waals surface area contributed by atoms with Gasteiger partial charge in [0.05, 0.1) is 4.90 Å². The van der Waals surface area contributed by atoms with Crippen molar-refractivity contribution < 1.29 is 13.2 Å². The van der Waals surface area contributed by atoms with Crippen molar-refractivity contribution in [2.75, 3.05) is 5.32 Å². The molecule has 0 spiro atoms. The predicted octanol–water partition coefficient (Wildman–Crippen LogP) is 1.99. The Labute approximate surface area is 148 Å². The van der Waals surface area contributed by atoms with Gasteiger partial charge in [0.1, 0.15) is 11.6 Å².